The number of benzene rings is 2. The van der Waals surface area contributed by atoms with Crippen LogP contribution in [0.2, 0.25) is 0 Å². The maximum Gasteiger partial charge on any atom is 0.248 e. The molecule has 0 radical (unpaired) electrons. The number of methoxy groups -OCH3 is 1. The van der Waals surface area contributed by atoms with Gasteiger partial charge in [-0.3, -0.25) is 4.79 Å². The molecule has 108 valence electrons. The molecule has 0 aliphatic carbocycles. The topological polar surface area (TPSA) is 38.3 Å². The quantitative estimate of drug-likeness (QED) is 0.838. The average molecular weight is 350 g/mol. The summed E-state index contributed by atoms with van der Waals surface area (Å²) in [5.74, 6) is 0.00467. The second-order valence-electron chi connectivity index (χ2n) is 4.22. The maximum atomic E-state index is 13.1. The number of ether oxygens (including phenoxy) is 1. The van der Waals surface area contributed by atoms with E-state index in [-0.39, 0.29) is 5.91 Å². The second kappa shape index (κ2) is 7.04. The van der Waals surface area contributed by atoms with Crippen molar-refractivity contribution in [2.24, 2.45) is 0 Å². The van der Waals surface area contributed by atoms with Crippen LogP contribution in [0.25, 0.3) is 6.08 Å². The first kappa shape index (κ1) is 15.3. The van der Waals surface area contributed by atoms with Crippen LogP contribution in [0, 0.1) is 5.82 Å². The van der Waals surface area contributed by atoms with Crippen molar-refractivity contribution in [3.05, 3.63) is 64.4 Å². The van der Waals surface area contributed by atoms with Gasteiger partial charge in [0.05, 0.1) is 12.8 Å². The summed E-state index contributed by atoms with van der Waals surface area (Å²) in [6.07, 6.45) is 3.06. The van der Waals surface area contributed by atoms with Crippen LogP contribution in [0.4, 0.5) is 10.1 Å². The molecule has 0 heterocycles. The molecule has 0 spiro atoms. The molecule has 0 atom stereocenters. The summed E-state index contributed by atoms with van der Waals surface area (Å²) in [5.41, 5.74) is 1.25. The summed E-state index contributed by atoms with van der Waals surface area (Å²) < 4.78 is 18.8. The highest BCUT2D eigenvalue weighted by atomic mass is 79.9. The molecular weight excluding hydrogens is 337 g/mol. The van der Waals surface area contributed by atoms with E-state index in [9.17, 15) is 9.18 Å². The fraction of sp³-hybridized carbons (Fsp3) is 0.0625. The first-order valence-corrected chi connectivity index (χ1v) is 6.96. The fourth-order valence-corrected chi connectivity index (χ4v) is 2.00. The van der Waals surface area contributed by atoms with Crippen molar-refractivity contribution >= 4 is 33.6 Å². The molecule has 1 N–H and O–H groups in total. The minimum atomic E-state index is -0.410. The van der Waals surface area contributed by atoms with Gasteiger partial charge in [-0.05, 0) is 57.9 Å². The molecule has 0 aliphatic rings. The smallest absolute Gasteiger partial charge is 0.248 e. The molecule has 0 unspecified atom stereocenters. The lowest BCUT2D eigenvalue weighted by atomic mass is 10.2. The average Bonchev–Trinajstić information content (AvgIpc) is 2.49. The lowest BCUT2D eigenvalue weighted by molar-refractivity contribution is -0.111. The van der Waals surface area contributed by atoms with Crippen molar-refractivity contribution in [3.8, 4) is 5.75 Å². The third-order valence-corrected chi connectivity index (χ3v) is 3.42. The predicted octanol–water partition coefficient (Wildman–Crippen LogP) is 4.25. The Kier molecular flexibility index (Phi) is 5.11. The van der Waals surface area contributed by atoms with Crippen LogP contribution in [-0.2, 0) is 4.79 Å². The summed E-state index contributed by atoms with van der Waals surface area (Å²) in [4.78, 5) is 11.8. The first-order valence-electron chi connectivity index (χ1n) is 6.16. The molecule has 2 aromatic carbocycles. The molecule has 0 saturated carbocycles. The zero-order valence-corrected chi connectivity index (χ0v) is 12.9. The fourth-order valence-electron chi connectivity index (χ4n) is 1.65. The molecule has 0 aromatic heterocycles. The van der Waals surface area contributed by atoms with Gasteiger partial charge in [0.2, 0.25) is 5.91 Å². The Morgan fingerprint density at radius 1 is 1.24 bits per heavy atom. The van der Waals surface area contributed by atoms with Gasteiger partial charge in [0.15, 0.2) is 0 Å². The van der Waals surface area contributed by atoms with Gasteiger partial charge in [-0.1, -0.05) is 12.1 Å². The van der Waals surface area contributed by atoms with Crippen molar-refractivity contribution in [1.82, 2.24) is 0 Å². The number of hydrogen-bond acceptors (Lipinski definition) is 2. The Bertz CT molecular complexity index is 668. The highest BCUT2D eigenvalue weighted by molar-refractivity contribution is 9.10. The van der Waals surface area contributed by atoms with Crippen molar-refractivity contribution < 1.29 is 13.9 Å². The Morgan fingerprint density at radius 3 is 2.62 bits per heavy atom. The van der Waals surface area contributed by atoms with Crippen LogP contribution >= 0.6 is 15.9 Å². The molecule has 0 fully saturated rings. The number of carbonyl (C=O) groups is 1. The van der Waals surface area contributed by atoms with Crippen molar-refractivity contribution in [3.63, 3.8) is 0 Å². The van der Waals surface area contributed by atoms with Gasteiger partial charge >= 0.3 is 0 Å². The number of halogens is 2. The number of nitrogens with one attached hydrogen (secondary N) is 1. The van der Waals surface area contributed by atoms with Crippen LogP contribution in [0.3, 0.4) is 0 Å². The normalized spacial score (nSPS) is 10.6. The third kappa shape index (κ3) is 4.43. The highest BCUT2D eigenvalue weighted by Gasteiger charge is 2.04. The summed E-state index contributed by atoms with van der Waals surface area (Å²) >= 11 is 3.25. The van der Waals surface area contributed by atoms with E-state index < -0.39 is 5.82 Å². The molecule has 0 aliphatic heterocycles. The SMILES string of the molecule is COc1ccc(/C=C/C(=O)Nc2cc(F)ccc2Br)cc1. The molecule has 3 nitrogen and oxygen atoms in total. The lowest BCUT2D eigenvalue weighted by Gasteiger charge is -2.05. The van der Waals surface area contributed by atoms with Crippen molar-refractivity contribution in [2.75, 3.05) is 12.4 Å². The lowest BCUT2D eigenvalue weighted by Crippen LogP contribution is -2.08. The molecule has 5 heteroatoms. The Hall–Kier alpha value is -2.14. The summed E-state index contributed by atoms with van der Waals surface area (Å²) in [6.45, 7) is 0. The first-order chi connectivity index (χ1) is 10.1. The van der Waals surface area contributed by atoms with Gasteiger partial charge in [0.25, 0.3) is 0 Å². The van der Waals surface area contributed by atoms with Crippen molar-refractivity contribution in [1.29, 1.82) is 0 Å². The van der Waals surface area contributed by atoms with Gasteiger partial charge in [0, 0.05) is 10.5 Å². The summed E-state index contributed by atoms with van der Waals surface area (Å²) in [7, 11) is 1.59. The highest BCUT2D eigenvalue weighted by Crippen LogP contribution is 2.23. The van der Waals surface area contributed by atoms with Gasteiger partial charge in [0.1, 0.15) is 11.6 Å². The summed E-state index contributed by atoms with van der Waals surface area (Å²) in [5, 5.41) is 2.61. The van der Waals surface area contributed by atoms with E-state index in [4.69, 9.17) is 4.74 Å². The Balaban J connectivity index is 2.03. The number of hydrogen-bond donors (Lipinski definition) is 1. The van der Waals surface area contributed by atoms with Crippen LogP contribution in [0.5, 0.6) is 5.75 Å². The molecule has 21 heavy (non-hydrogen) atoms. The minimum Gasteiger partial charge on any atom is -0.497 e. The monoisotopic (exact) mass is 349 g/mol. The van der Waals surface area contributed by atoms with E-state index >= 15 is 0 Å². The van der Waals surface area contributed by atoms with E-state index in [1.807, 2.05) is 12.1 Å². The van der Waals surface area contributed by atoms with Gasteiger partial charge in [-0.2, -0.15) is 0 Å². The van der Waals surface area contributed by atoms with Crippen LogP contribution in [-0.4, -0.2) is 13.0 Å². The minimum absolute atomic E-state index is 0.336. The van der Waals surface area contributed by atoms with Crippen LogP contribution in [0.15, 0.2) is 53.0 Å². The van der Waals surface area contributed by atoms with E-state index in [1.165, 1.54) is 24.3 Å². The molecule has 2 aromatic rings. The number of carbonyl (C=O) groups excluding carboxylic acids is 1. The van der Waals surface area contributed by atoms with E-state index in [2.05, 4.69) is 21.2 Å². The van der Waals surface area contributed by atoms with Crippen molar-refractivity contribution in [2.45, 2.75) is 0 Å². The Labute approximate surface area is 130 Å². The molecule has 0 saturated heterocycles. The van der Waals surface area contributed by atoms with E-state index in [1.54, 1.807) is 25.3 Å². The van der Waals surface area contributed by atoms with Crippen LogP contribution in [0.1, 0.15) is 5.56 Å². The molecule has 2 rings (SSSR count). The number of rotatable bonds is 4. The molecular formula is C16H13BrFNO2. The molecule has 0 bridgehead atoms. The van der Waals surface area contributed by atoms with E-state index in [0.717, 1.165) is 11.3 Å². The molecule has 1 amide bonds. The van der Waals surface area contributed by atoms with Gasteiger partial charge in [-0.25, -0.2) is 4.39 Å². The zero-order valence-electron chi connectivity index (χ0n) is 11.3. The van der Waals surface area contributed by atoms with Crippen LogP contribution < -0.4 is 10.1 Å². The largest absolute Gasteiger partial charge is 0.497 e. The maximum absolute atomic E-state index is 13.1. The van der Waals surface area contributed by atoms with Gasteiger partial charge in [-0.15, -0.1) is 0 Å². The Morgan fingerprint density at radius 2 is 1.95 bits per heavy atom. The standard InChI is InChI=1S/C16H13BrFNO2/c1-21-13-6-2-11(3-7-13)4-9-16(20)19-15-10-12(18)5-8-14(15)17/h2-10H,1H3,(H,19,20)/b9-4+. The zero-order chi connectivity index (χ0) is 15.2. The number of amides is 1. The van der Waals surface area contributed by atoms with E-state index in [0.29, 0.717) is 10.2 Å². The summed E-state index contributed by atoms with van der Waals surface area (Å²) in [6, 6.07) is 11.4. The predicted molar refractivity (Wildman–Crippen MR) is 84.8 cm³/mol. The second-order valence-corrected chi connectivity index (χ2v) is 5.07. The third-order valence-electron chi connectivity index (χ3n) is 2.73. The van der Waals surface area contributed by atoms with Gasteiger partial charge < -0.3 is 10.1 Å². The number of anilines is 1.